The van der Waals surface area contributed by atoms with Gasteiger partial charge in [-0.25, -0.2) is 4.99 Å². The maximum Gasteiger partial charge on any atom is 0.191 e. The summed E-state index contributed by atoms with van der Waals surface area (Å²) >= 11 is 0. The maximum atomic E-state index is 5.43. The van der Waals surface area contributed by atoms with Gasteiger partial charge in [0.15, 0.2) is 5.96 Å². The zero-order valence-corrected chi connectivity index (χ0v) is 17.0. The van der Waals surface area contributed by atoms with Gasteiger partial charge in [-0.15, -0.1) is 0 Å². The zero-order valence-electron chi connectivity index (χ0n) is 17.0. The molecule has 28 heavy (non-hydrogen) atoms. The second-order valence-electron chi connectivity index (χ2n) is 7.71. The molecule has 0 saturated heterocycles. The van der Waals surface area contributed by atoms with E-state index in [2.05, 4.69) is 34.9 Å². The van der Waals surface area contributed by atoms with Gasteiger partial charge in [-0.3, -0.25) is 0 Å². The first-order valence-electron chi connectivity index (χ1n) is 10.4. The van der Waals surface area contributed by atoms with E-state index in [1.165, 1.54) is 31.2 Å². The molecular weight excluding hydrogens is 350 g/mol. The average Bonchev–Trinajstić information content (AvgIpc) is 3.41. The van der Waals surface area contributed by atoms with Gasteiger partial charge < -0.3 is 19.8 Å². The fraction of sp³-hybridized carbons (Fsp3) is 0.522. The Balaban J connectivity index is 1.59. The normalized spacial score (nSPS) is 16.2. The molecule has 0 atom stereocenters. The highest BCUT2D eigenvalue weighted by Gasteiger charge is 2.33. The number of guanidine groups is 1. The van der Waals surface area contributed by atoms with Gasteiger partial charge in [0.05, 0.1) is 12.8 Å². The van der Waals surface area contributed by atoms with Crippen LogP contribution in [0.25, 0.3) is 0 Å². The summed E-state index contributed by atoms with van der Waals surface area (Å²) in [5.41, 5.74) is 1.54. The van der Waals surface area contributed by atoms with Crippen LogP contribution < -0.4 is 10.6 Å². The van der Waals surface area contributed by atoms with Crippen molar-refractivity contribution in [3.63, 3.8) is 0 Å². The van der Waals surface area contributed by atoms with E-state index < -0.39 is 0 Å². The van der Waals surface area contributed by atoms with Gasteiger partial charge in [0, 0.05) is 33.2 Å². The molecule has 0 unspecified atom stereocenters. The number of ether oxygens (including phenoxy) is 1. The van der Waals surface area contributed by atoms with E-state index in [0.717, 1.165) is 44.3 Å². The number of rotatable bonds is 10. The molecule has 1 aromatic carbocycles. The minimum absolute atomic E-state index is 0.326. The number of hydrogen-bond acceptors (Lipinski definition) is 3. The first kappa shape index (κ1) is 20.5. The Morgan fingerprint density at radius 2 is 1.93 bits per heavy atom. The number of nitrogens with zero attached hydrogens (tertiary/aromatic N) is 1. The van der Waals surface area contributed by atoms with Crippen molar-refractivity contribution in [2.75, 3.05) is 26.8 Å². The van der Waals surface area contributed by atoms with Crippen LogP contribution in [0.5, 0.6) is 0 Å². The second-order valence-corrected chi connectivity index (χ2v) is 7.71. The Hall–Kier alpha value is -2.27. The van der Waals surface area contributed by atoms with E-state index >= 15 is 0 Å². The summed E-state index contributed by atoms with van der Waals surface area (Å²) in [5, 5.41) is 7.09. The first-order valence-corrected chi connectivity index (χ1v) is 10.4. The van der Waals surface area contributed by atoms with Gasteiger partial charge >= 0.3 is 0 Å². The molecule has 152 valence electrons. The molecular formula is C23H33N3O2. The van der Waals surface area contributed by atoms with Crippen molar-refractivity contribution in [3.8, 4) is 0 Å². The smallest absolute Gasteiger partial charge is 0.191 e. The Morgan fingerprint density at radius 3 is 2.64 bits per heavy atom. The minimum atomic E-state index is 0.326. The van der Waals surface area contributed by atoms with Gasteiger partial charge in [0.2, 0.25) is 0 Å². The van der Waals surface area contributed by atoms with E-state index in [0.29, 0.717) is 12.0 Å². The third-order valence-corrected chi connectivity index (χ3v) is 5.64. The van der Waals surface area contributed by atoms with Crippen LogP contribution in [0, 0.1) is 5.41 Å². The van der Waals surface area contributed by atoms with Crippen molar-refractivity contribution in [1.82, 2.24) is 10.6 Å². The molecule has 1 heterocycles. The molecule has 1 aliphatic rings. The third kappa shape index (κ3) is 6.41. The number of benzene rings is 1. The lowest BCUT2D eigenvalue weighted by Gasteiger charge is -2.30. The summed E-state index contributed by atoms with van der Waals surface area (Å²) in [6, 6.07) is 14.3. The van der Waals surface area contributed by atoms with Gasteiger partial charge in [-0.2, -0.15) is 0 Å². The Morgan fingerprint density at radius 1 is 1.11 bits per heavy atom. The van der Waals surface area contributed by atoms with Gasteiger partial charge in [0.1, 0.15) is 5.76 Å². The molecule has 5 heteroatoms. The highest BCUT2D eigenvalue weighted by Crippen LogP contribution is 2.40. The SMILES string of the molecule is COCCC1(CNC(=NCc2ccccc2)NCCc2ccco2)CCCC1. The molecule has 1 aromatic heterocycles. The molecule has 0 spiro atoms. The molecule has 1 saturated carbocycles. The molecule has 3 rings (SSSR count). The van der Waals surface area contributed by atoms with Crippen molar-refractivity contribution in [2.45, 2.75) is 45.1 Å². The second kappa shape index (κ2) is 10.9. The van der Waals surface area contributed by atoms with Gasteiger partial charge in [-0.1, -0.05) is 43.2 Å². The molecule has 0 aliphatic heterocycles. The summed E-state index contributed by atoms with van der Waals surface area (Å²) in [4.78, 5) is 4.82. The molecule has 2 N–H and O–H groups in total. The van der Waals surface area contributed by atoms with Crippen molar-refractivity contribution < 1.29 is 9.15 Å². The average molecular weight is 384 g/mol. The minimum Gasteiger partial charge on any atom is -0.469 e. The van der Waals surface area contributed by atoms with E-state index in [1.54, 1.807) is 13.4 Å². The molecule has 1 aliphatic carbocycles. The topological polar surface area (TPSA) is 58.8 Å². The number of nitrogens with one attached hydrogen (secondary N) is 2. The lowest BCUT2D eigenvalue weighted by Crippen LogP contribution is -2.44. The van der Waals surface area contributed by atoms with E-state index in [-0.39, 0.29) is 0 Å². The largest absolute Gasteiger partial charge is 0.469 e. The van der Waals surface area contributed by atoms with Gasteiger partial charge in [0.25, 0.3) is 0 Å². The van der Waals surface area contributed by atoms with Crippen molar-refractivity contribution in [1.29, 1.82) is 0 Å². The Bertz CT molecular complexity index is 692. The quantitative estimate of drug-likeness (QED) is 0.478. The number of furan rings is 1. The predicted molar refractivity (Wildman–Crippen MR) is 113 cm³/mol. The molecule has 2 aromatic rings. The fourth-order valence-corrected chi connectivity index (χ4v) is 3.92. The standard InChI is InChI=1S/C23H33N3O2/c1-27-17-14-23(12-5-6-13-23)19-26-22(24-15-11-21-10-7-16-28-21)25-18-20-8-3-2-4-9-20/h2-4,7-10,16H,5-6,11-15,17-19H2,1H3,(H2,24,25,26). The highest BCUT2D eigenvalue weighted by atomic mass is 16.5. The number of hydrogen-bond donors (Lipinski definition) is 2. The Kier molecular flexibility index (Phi) is 7.97. The van der Waals surface area contributed by atoms with Crippen molar-refractivity contribution in [2.24, 2.45) is 10.4 Å². The van der Waals surface area contributed by atoms with Crippen LogP contribution in [0.15, 0.2) is 58.1 Å². The van der Waals surface area contributed by atoms with Crippen LogP contribution in [-0.2, 0) is 17.7 Å². The number of aliphatic imine (C=N–C) groups is 1. The Labute approximate surface area is 168 Å². The third-order valence-electron chi connectivity index (χ3n) is 5.64. The maximum absolute atomic E-state index is 5.43. The van der Waals surface area contributed by atoms with Crippen LogP contribution in [0.2, 0.25) is 0 Å². The first-order chi connectivity index (χ1) is 13.8. The van der Waals surface area contributed by atoms with Crippen LogP contribution in [0.1, 0.15) is 43.4 Å². The monoisotopic (exact) mass is 383 g/mol. The van der Waals surface area contributed by atoms with Crippen molar-refractivity contribution in [3.05, 3.63) is 60.1 Å². The van der Waals surface area contributed by atoms with Crippen LogP contribution in [0.3, 0.4) is 0 Å². The van der Waals surface area contributed by atoms with Crippen LogP contribution in [-0.4, -0.2) is 32.8 Å². The molecule has 0 bridgehead atoms. The summed E-state index contributed by atoms with van der Waals surface area (Å²) in [6.45, 7) is 3.23. The zero-order chi connectivity index (χ0) is 19.5. The lowest BCUT2D eigenvalue weighted by atomic mass is 9.83. The molecule has 0 radical (unpaired) electrons. The summed E-state index contributed by atoms with van der Waals surface area (Å²) in [7, 11) is 1.79. The van der Waals surface area contributed by atoms with Crippen LogP contribution >= 0.6 is 0 Å². The van der Waals surface area contributed by atoms with E-state index in [4.69, 9.17) is 14.1 Å². The van der Waals surface area contributed by atoms with Gasteiger partial charge in [-0.05, 0) is 42.4 Å². The summed E-state index contributed by atoms with van der Waals surface area (Å²) in [5.74, 6) is 1.86. The van der Waals surface area contributed by atoms with Crippen LogP contribution in [0.4, 0.5) is 0 Å². The van der Waals surface area contributed by atoms with Crippen molar-refractivity contribution >= 4 is 5.96 Å². The fourth-order valence-electron chi connectivity index (χ4n) is 3.92. The summed E-state index contributed by atoms with van der Waals surface area (Å²) < 4.78 is 10.8. The molecule has 5 nitrogen and oxygen atoms in total. The summed E-state index contributed by atoms with van der Waals surface area (Å²) in [6.07, 6.45) is 8.82. The van der Waals surface area contributed by atoms with E-state index in [9.17, 15) is 0 Å². The lowest BCUT2D eigenvalue weighted by molar-refractivity contribution is 0.138. The number of methoxy groups -OCH3 is 1. The highest BCUT2D eigenvalue weighted by molar-refractivity contribution is 5.79. The predicted octanol–water partition coefficient (Wildman–Crippen LogP) is 4.15. The molecule has 0 amide bonds. The van der Waals surface area contributed by atoms with E-state index in [1.807, 2.05) is 18.2 Å². The molecule has 1 fully saturated rings.